The Morgan fingerprint density at radius 2 is 1.00 bits per heavy atom. The highest BCUT2D eigenvalue weighted by Gasteiger charge is 2.30. The SMILES string of the molecule is CC(C)CCOc1ccc(NC(=O)C2CCC(C(=O)Nc3ccc(OCCC(C)C)cc3)CC2)cc1. The predicted molar refractivity (Wildman–Crippen MR) is 145 cm³/mol. The highest BCUT2D eigenvalue weighted by Crippen LogP contribution is 2.31. The van der Waals surface area contributed by atoms with E-state index < -0.39 is 0 Å². The molecule has 0 atom stereocenters. The first kappa shape index (κ1) is 27.6. The Hall–Kier alpha value is -3.02. The molecule has 2 amide bonds. The molecule has 2 aromatic rings. The van der Waals surface area contributed by atoms with Gasteiger partial charge in [-0.05, 0) is 98.9 Å². The number of carbonyl (C=O) groups is 2. The molecule has 2 N–H and O–H groups in total. The highest BCUT2D eigenvalue weighted by molar-refractivity contribution is 5.94. The van der Waals surface area contributed by atoms with Gasteiger partial charge in [-0.2, -0.15) is 0 Å². The fourth-order valence-corrected chi connectivity index (χ4v) is 4.20. The lowest BCUT2D eigenvalue weighted by Gasteiger charge is -2.27. The van der Waals surface area contributed by atoms with E-state index in [9.17, 15) is 9.59 Å². The molecule has 0 saturated heterocycles. The van der Waals surface area contributed by atoms with E-state index in [0.717, 1.165) is 35.7 Å². The predicted octanol–water partition coefficient (Wildman–Crippen LogP) is 6.92. The molecule has 0 heterocycles. The number of carbonyl (C=O) groups excluding carboxylic acids is 2. The maximum atomic E-state index is 12.8. The molecule has 0 unspecified atom stereocenters. The van der Waals surface area contributed by atoms with Crippen LogP contribution in [0.5, 0.6) is 11.5 Å². The Balaban J connectivity index is 1.38. The third-order valence-electron chi connectivity index (χ3n) is 6.64. The van der Waals surface area contributed by atoms with Crippen LogP contribution in [0.25, 0.3) is 0 Å². The molecule has 6 heteroatoms. The number of rotatable bonds is 12. The molecule has 36 heavy (non-hydrogen) atoms. The van der Waals surface area contributed by atoms with Crippen molar-refractivity contribution >= 4 is 23.2 Å². The fraction of sp³-hybridized carbons (Fsp3) is 0.533. The van der Waals surface area contributed by atoms with Crippen molar-refractivity contribution in [3.63, 3.8) is 0 Å². The lowest BCUT2D eigenvalue weighted by atomic mass is 9.81. The molecule has 1 fully saturated rings. The summed E-state index contributed by atoms with van der Waals surface area (Å²) in [6, 6.07) is 15.1. The topological polar surface area (TPSA) is 76.7 Å². The van der Waals surface area contributed by atoms with Gasteiger partial charge in [0.2, 0.25) is 11.8 Å². The van der Waals surface area contributed by atoms with Gasteiger partial charge in [0.05, 0.1) is 13.2 Å². The molecule has 1 saturated carbocycles. The summed E-state index contributed by atoms with van der Waals surface area (Å²) in [5.74, 6) is 2.75. The van der Waals surface area contributed by atoms with Crippen molar-refractivity contribution in [2.24, 2.45) is 23.7 Å². The summed E-state index contributed by atoms with van der Waals surface area (Å²) < 4.78 is 11.5. The van der Waals surface area contributed by atoms with Crippen LogP contribution in [-0.2, 0) is 9.59 Å². The minimum absolute atomic E-state index is 0.0235. The lowest BCUT2D eigenvalue weighted by Crippen LogP contribution is -2.32. The second-order valence-corrected chi connectivity index (χ2v) is 10.6. The third kappa shape index (κ3) is 9.21. The van der Waals surface area contributed by atoms with Gasteiger partial charge in [-0.3, -0.25) is 9.59 Å². The van der Waals surface area contributed by atoms with Crippen LogP contribution < -0.4 is 20.1 Å². The normalized spacial score (nSPS) is 17.6. The number of nitrogens with one attached hydrogen (secondary N) is 2. The molecule has 0 aliphatic heterocycles. The minimum Gasteiger partial charge on any atom is -0.494 e. The summed E-state index contributed by atoms with van der Waals surface area (Å²) in [4.78, 5) is 25.5. The van der Waals surface area contributed by atoms with E-state index in [1.807, 2.05) is 48.5 Å². The van der Waals surface area contributed by atoms with Crippen molar-refractivity contribution in [1.82, 2.24) is 0 Å². The van der Waals surface area contributed by atoms with Crippen LogP contribution in [0.1, 0.15) is 66.2 Å². The van der Waals surface area contributed by atoms with Crippen molar-refractivity contribution in [2.75, 3.05) is 23.8 Å². The maximum Gasteiger partial charge on any atom is 0.227 e. The first-order valence-corrected chi connectivity index (χ1v) is 13.4. The molecule has 1 aliphatic carbocycles. The van der Waals surface area contributed by atoms with Gasteiger partial charge < -0.3 is 20.1 Å². The summed E-state index contributed by atoms with van der Waals surface area (Å²) in [6.45, 7) is 10.1. The molecule has 0 bridgehead atoms. The quantitative estimate of drug-likeness (QED) is 0.336. The van der Waals surface area contributed by atoms with Crippen LogP contribution in [0.3, 0.4) is 0 Å². The summed E-state index contributed by atoms with van der Waals surface area (Å²) in [7, 11) is 0. The van der Waals surface area contributed by atoms with Crippen LogP contribution in [-0.4, -0.2) is 25.0 Å². The molecule has 0 aromatic heterocycles. The average Bonchev–Trinajstić information content (AvgIpc) is 2.86. The Labute approximate surface area is 216 Å². The van der Waals surface area contributed by atoms with Gasteiger partial charge in [-0.1, -0.05) is 27.7 Å². The summed E-state index contributed by atoms with van der Waals surface area (Å²) in [6.07, 6.45) is 4.87. The van der Waals surface area contributed by atoms with Gasteiger partial charge in [-0.25, -0.2) is 0 Å². The summed E-state index contributed by atoms with van der Waals surface area (Å²) in [5.41, 5.74) is 1.54. The zero-order valence-corrected chi connectivity index (χ0v) is 22.2. The Bertz CT molecular complexity index is 866. The standard InChI is InChI=1S/C30H42N2O4/c1-21(2)17-19-35-27-13-9-25(10-14-27)31-29(33)23-5-7-24(8-6-23)30(34)32-26-11-15-28(16-12-26)36-20-18-22(3)4/h9-16,21-24H,5-8,17-20H2,1-4H3,(H,31,33)(H,32,34). The van der Waals surface area contributed by atoms with E-state index in [2.05, 4.69) is 38.3 Å². The van der Waals surface area contributed by atoms with Gasteiger partial charge in [0.15, 0.2) is 0 Å². The number of amides is 2. The largest absolute Gasteiger partial charge is 0.494 e. The van der Waals surface area contributed by atoms with Crippen molar-refractivity contribution in [3.8, 4) is 11.5 Å². The minimum atomic E-state index is -0.0710. The van der Waals surface area contributed by atoms with Crippen LogP contribution in [0.15, 0.2) is 48.5 Å². The zero-order chi connectivity index (χ0) is 25.9. The van der Waals surface area contributed by atoms with Crippen molar-refractivity contribution in [1.29, 1.82) is 0 Å². The van der Waals surface area contributed by atoms with E-state index in [0.29, 0.717) is 50.7 Å². The molecule has 3 rings (SSSR count). The molecule has 6 nitrogen and oxygen atoms in total. The molecular formula is C30H42N2O4. The van der Waals surface area contributed by atoms with E-state index in [4.69, 9.17) is 9.47 Å². The van der Waals surface area contributed by atoms with E-state index in [1.165, 1.54) is 0 Å². The maximum absolute atomic E-state index is 12.8. The van der Waals surface area contributed by atoms with Crippen molar-refractivity contribution in [2.45, 2.75) is 66.2 Å². The smallest absolute Gasteiger partial charge is 0.227 e. The van der Waals surface area contributed by atoms with Crippen LogP contribution in [0, 0.1) is 23.7 Å². The van der Waals surface area contributed by atoms with Gasteiger partial charge in [0, 0.05) is 23.2 Å². The van der Waals surface area contributed by atoms with Crippen LogP contribution >= 0.6 is 0 Å². The highest BCUT2D eigenvalue weighted by atomic mass is 16.5. The average molecular weight is 495 g/mol. The van der Waals surface area contributed by atoms with Gasteiger partial charge >= 0.3 is 0 Å². The van der Waals surface area contributed by atoms with Crippen LogP contribution in [0.2, 0.25) is 0 Å². The molecule has 196 valence electrons. The number of hydrogen-bond donors (Lipinski definition) is 2. The fourth-order valence-electron chi connectivity index (χ4n) is 4.20. The van der Waals surface area contributed by atoms with Gasteiger partial charge in [-0.15, -0.1) is 0 Å². The monoisotopic (exact) mass is 494 g/mol. The van der Waals surface area contributed by atoms with Crippen molar-refractivity contribution < 1.29 is 19.1 Å². The van der Waals surface area contributed by atoms with E-state index in [-0.39, 0.29) is 23.7 Å². The Morgan fingerprint density at radius 1 is 0.667 bits per heavy atom. The first-order valence-electron chi connectivity index (χ1n) is 13.4. The summed E-state index contributed by atoms with van der Waals surface area (Å²) >= 11 is 0. The zero-order valence-electron chi connectivity index (χ0n) is 22.2. The molecule has 1 aliphatic rings. The van der Waals surface area contributed by atoms with Crippen molar-refractivity contribution in [3.05, 3.63) is 48.5 Å². The van der Waals surface area contributed by atoms with Gasteiger partial charge in [0.25, 0.3) is 0 Å². The third-order valence-corrected chi connectivity index (χ3v) is 6.64. The lowest BCUT2D eigenvalue weighted by molar-refractivity contribution is -0.125. The molecule has 0 radical (unpaired) electrons. The van der Waals surface area contributed by atoms with Crippen LogP contribution in [0.4, 0.5) is 11.4 Å². The number of benzene rings is 2. The Kier molecular flexibility index (Phi) is 10.6. The van der Waals surface area contributed by atoms with E-state index in [1.54, 1.807) is 0 Å². The molecule has 0 spiro atoms. The number of ether oxygens (including phenoxy) is 2. The number of hydrogen-bond acceptors (Lipinski definition) is 4. The van der Waals surface area contributed by atoms with Gasteiger partial charge in [0.1, 0.15) is 11.5 Å². The molecular weight excluding hydrogens is 452 g/mol. The molecule has 2 aromatic carbocycles. The summed E-state index contributed by atoms with van der Waals surface area (Å²) in [5, 5.41) is 6.03. The Morgan fingerprint density at radius 3 is 1.31 bits per heavy atom. The second-order valence-electron chi connectivity index (χ2n) is 10.6. The second kappa shape index (κ2) is 13.9. The first-order chi connectivity index (χ1) is 17.3. The number of anilines is 2. The van der Waals surface area contributed by atoms with E-state index >= 15 is 0 Å².